The van der Waals surface area contributed by atoms with E-state index in [1.165, 1.54) is 12.1 Å². The molecule has 5 nitrogen and oxygen atoms in total. The lowest BCUT2D eigenvalue weighted by atomic mass is 10.1. The van der Waals surface area contributed by atoms with Crippen LogP contribution in [-0.4, -0.2) is 48.2 Å². The number of hydrogen-bond donors (Lipinski definition) is 2. The second-order valence-electron chi connectivity index (χ2n) is 4.95. The van der Waals surface area contributed by atoms with Gasteiger partial charge in [-0.25, -0.2) is 4.39 Å². The van der Waals surface area contributed by atoms with Crippen LogP contribution in [0.25, 0.3) is 0 Å². The van der Waals surface area contributed by atoms with Crippen molar-refractivity contribution < 1.29 is 9.60 Å². The van der Waals surface area contributed by atoms with Crippen molar-refractivity contribution in [2.24, 2.45) is 10.9 Å². The van der Waals surface area contributed by atoms with E-state index >= 15 is 0 Å². The van der Waals surface area contributed by atoms with Crippen molar-refractivity contribution in [2.45, 2.75) is 19.4 Å². The Bertz CT molecular complexity index is 455. The fourth-order valence-corrected chi connectivity index (χ4v) is 2.66. The van der Waals surface area contributed by atoms with Gasteiger partial charge in [0.15, 0.2) is 5.84 Å². The van der Waals surface area contributed by atoms with Gasteiger partial charge in [-0.05, 0) is 30.7 Å². The van der Waals surface area contributed by atoms with Crippen molar-refractivity contribution in [1.29, 1.82) is 0 Å². The molecule has 1 aromatic carbocycles. The molecule has 1 heterocycles. The maximum atomic E-state index is 12.9. The summed E-state index contributed by atoms with van der Waals surface area (Å²) >= 11 is 0. The zero-order valence-corrected chi connectivity index (χ0v) is 11.7. The first-order chi connectivity index (χ1) is 9.65. The molecule has 110 valence electrons. The highest BCUT2D eigenvalue weighted by molar-refractivity contribution is 5.85. The van der Waals surface area contributed by atoms with Gasteiger partial charge < -0.3 is 15.8 Å². The minimum absolute atomic E-state index is 0.0182. The lowest BCUT2D eigenvalue weighted by Crippen LogP contribution is -2.54. The van der Waals surface area contributed by atoms with Crippen molar-refractivity contribution in [1.82, 2.24) is 4.90 Å². The van der Waals surface area contributed by atoms with Crippen LogP contribution in [-0.2, 0) is 0 Å². The summed E-state index contributed by atoms with van der Waals surface area (Å²) in [5.74, 6) is 0.0492. The Morgan fingerprint density at radius 3 is 2.40 bits per heavy atom. The Morgan fingerprint density at radius 1 is 1.30 bits per heavy atom. The number of halogens is 1. The van der Waals surface area contributed by atoms with Crippen LogP contribution < -0.4 is 10.6 Å². The van der Waals surface area contributed by atoms with Crippen LogP contribution in [0.1, 0.15) is 13.3 Å². The maximum Gasteiger partial charge on any atom is 0.156 e. The summed E-state index contributed by atoms with van der Waals surface area (Å²) in [5, 5.41) is 11.9. The van der Waals surface area contributed by atoms with Gasteiger partial charge >= 0.3 is 0 Å². The molecule has 0 spiro atoms. The number of anilines is 1. The van der Waals surface area contributed by atoms with E-state index in [1.54, 1.807) is 12.1 Å². The standard InChI is InChI=1S/C14H21FN4O/c1-2-13(14(16)17-20)19-9-7-18(8-10-19)12-5-3-11(15)4-6-12/h3-6,13,20H,2,7-10H2,1H3,(H2,16,17). The molecule has 0 aliphatic carbocycles. The van der Waals surface area contributed by atoms with E-state index in [-0.39, 0.29) is 17.7 Å². The van der Waals surface area contributed by atoms with Crippen LogP contribution in [0.15, 0.2) is 29.4 Å². The number of oxime groups is 1. The largest absolute Gasteiger partial charge is 0.409 e. The quantitative estimate of drug-likeness (QED) is 0.379. The minimum Gasteiger partial charge on any atom is -0.409 e. The highest BCUT2D eigenvalue weighted by Gasteiger charge is 2.25. The Hall–Kier alpha value is -1.82. The van der Waals surface area contributed by atoms with E-state index in [0.717, 1.165) is 38.3 Å². The van der Waals surface area contributed by atoms with Crippen LogP contribution in [0.2, 0.25) is 0 Å². The number of nitrogens with two attached hydrogens (primary N) is 1. The zero-order chi connectivity index (χ0) is 14.5. The normalized spacial score (nSPS) is 19.1. The van der Waals surface area contributed by atoms with E-state index in [9.17, 15) is 4.39 Å². The molecule has 0 radical (unpaired) electrons. The topological polar surface area (TPSA) is 65.1 Å². The molecule has 1 aliphatic heterocycles. The molecule has 0 amide bonds. The summed E-state index contributed by atoms with van der Waals surface area (Å²) in [6.07, 6.45) is 0.812. The van der Waals surface area contributed by atoms with Crippen molar-refractivity contribution in [3.63, 3.8) is 0 Å². The summed E-state index contributed by atoms with van der Waals surface area (Å²) in [5.41, 5.74) is 6.75. The van der Waals surface area contributed by atoms with Gasteiger partial charge in [0, 0.05) is 31.9 Å². The van der Waals surface area contributed by atoms with E-state index in [2.05, 4.69) is 15.0 Å². The predicted molar refractivity (Wildman–Crippen MR) is 77.7 cm³/mol. The van der Waals surface area contributed by atoms with Gasteiger partial charge in [0.1, 0.15) is 5.82 Å². The Kier molecular flexibility index (Phi) is 4.79. The average molecular weight is 280 g/mol. The fraction of sp³-hybridized carbons (Fsp3) is 0.500. The van der Waals surface area contributed by atoms with Gasteiger partial charge in [0.25, 0.3) is 0 Å². The zero-order valence-electron chi connectivity index (χ0n) is 11.7. The number of nitrogens with zero attached hydrogens (tertiary/aromatic N) is 3. The van der Waals surface area contributed by atoms with Gasteiger partial charge in [0.05, 0.1) is 6.04 Å². The average Bonchev–Trinajstić information content (AvgIpc) is 2.49. The van der Waals surface area contributed by atoms with Crippen molar-refractivity contribution >= 4 is 11.5 Å². The second-order valence-corrected chi connectivity index (χ2v) is 4.95. The molecule has 6 heteroatoms. The molecule has 2 rings (SSSR count). The molecule has 0 bridgehead atoms. The number of benzene rings is 1. The summed E-state index contributed by atoms with van der Waals surface area (Å²) < 4.78 is 12.9. The first kappa shape index (κ1) is 14.6. The molecule has 1 aliphatic rings. The third-order valence-electron chi connectivity index (χ3n) is 3.79. The molecular formula is C14H21FN4O. The molecule has 0 aromatic heterocycles. The molecule has 1 saturated heterocycles. The second kappa shape index (κ2) is 6.56. The van der Waals surface area contributed by atoms with Gasteiger partial charge in [-0.2, -0.15) is 0 Å². The van der Waals surface area contributed by atoms with Crippen molar-refractivity contribution in [2.75, 3.05) is 31.1 Å². The Morgan fingerprint density at radius 2 is 1.90 bits per heavy atom. The maximum absolute atomic E-state index is 12.9. The lowest BCUT2D eigenvalue weighted by molar-refractivity contribution is 0.216. The lowest BCUT2D eigenvalue weighted by Gasteiger charge is -2.39. The Balaban J connectivity index is 1.96. The summed E-state index contributed by atoms with van der Waals surface area (Å²) in [7, 11) is 0. The van der Waals surface area contributed by atoms with Crippen LogP contribution in [0, 0.1) is 5.82 Å². The van der Waals surface area contributed by atoms with E-state index in [1.807, 2.05) is 6.92 Å². The van der Waals surface area contributed by atoms with Gasteiger partial charge in [0.2, 0.25) is 0 Å². The molecule has 1 aromatic rings. The van der Waals surface area contributed by atoms with Crippen LogP contribution in [0.3, 0.4) is 0 Å². The van der Waals surface area contributed by atoms with Gasteiger partial charge in [-0.15, -0.1) is 0 Å². The van der Waals surface area contributed by atoms with Crippen LogP contribution in [0.5, 0.6) is 0 Å². The molecule has 1 unspecified atom stereocenters. The number of piperazine rings is 1. The first-order valence-corrected chi connectivity index (χ1v) is 6.87. The molecule has 20 heavy (non-hydrogen) atoms. The molecule has 1 fully saturated rings. The third kappa shape index (κ3) is 3.19. The molecule has 1 atom stereocenters. The van der Waals surface area contributed by atoms with E-state index in [4.69, 9.17) is 10.9 Å². The van der Waals surface area contributed by atoms with Gasteiger partial charge in [-0.1, -0.05) is 12.1 Å². The third-order valence-corrected chi connectivity index (χ3v) is 3.79. The summed E-state index contributed by atoms with van der Waals surface area (Å²) in [6, 6.07) is 6.53. The number of rotatable bonds is 4. The predicted octanol–water partition coefficient (Wildman–Crippen LogP) is 1.47. The van der Waals surface area contributed by atoms with Gasteiger partial charge in [-0.3, -0.25) is 4.90 Å². The fourth-order valence-electron chi connectivity index (χ4n) is 2.66. The molecular weight excluding hydrogens is 259 g/mol. The molecule has 0 saturated carbocycles. The monoisotopic (exact) mass is 280 g/mol. The smallest absolute Gasteiger partial charge is 0.156 e. The molecule has 3 N–H and O–H groups in total. The minimum atomic E-state index is -0.217. The van der Waals surface area contributed by atoms with Crippen LogP contribution >= 0.6 is 0 Å². The van der Waals surface area contributed by atoms with Crippen molar-refractivity contribution in [3.8, 4) is 0 Å². The highest BCUT2D eigenvalue weighted by atomic mass is 19.1. The highest BCUT2D eigenvalue weighted by Crippen LogP contribution is 2.18. The Labute approximate surface area is 118 Å². The number of hydrogen-bond acceptors (Lipinski definition) is 4. The number of amidine groups is 1. The van der Waals surface area contributed by atoms with E-state index < -0.39 is 0 Å². The summed E-state index contributed by atoms with van der Waals surface area (Å²) in [4.78, 5) is 4.43. The van der Waals surface area contributed by atoms with E-state index in [0.29, 0.717) is 0 Å². The first-order valence-electron chi connectivity index (χ1n) is 6.87. The van der Waals surface area contributed by atoms with Crippen LogP contribution in [0.4, 0.5) is 10.1 Å². The van der Waals surface area contributed by atoms with Crippen molar-refractivity contribution in [3.05, 3.63) is 30.1 Å². The summed E-state index contributed by atoms with van der Waals surface area (Å²) in [6.45, 7) is 5.40. The SMILES string of the molecule is CCC(C(N)=NO)N1CCN(c2ccc(F)cc2)CC1.